The Kier molecular flexibility index (Phi) is 6.81. The minimum absolute atomic E-state index is 0.589. The largest absolute Gasteiger partial charge is 0.497 e. The van der Waals surface area contributed by atoms with Crippen molar-refractivity contribution in [3.63, 3.8) is 0 Å². The maximum Gasteiger partial charge on any atom is 0.118 e. The second-order valence-corrected chi connectivity index (χ2v) is 5.45. The molecule has 0 saturated heterocycles. The zero-order valence-corrected chi connectivity index (χ0v) is 12.2. The molecular formula is C16H27NO. The molecule has 2 nitrogen and oxygen atoms in total. The predicted molar refractivity (Wildman–Crippen MR) is 78.0 cm³/mol. The van der Waals surface area contributed by atoms with Crippen molar-refractivity contribution < 1.29 is 4.74 Å². The average Bonchev–Trinajstić information content (AvgIpc) is 2.36. The van der Waals surface area contributed by atoms with Gasteiger partial charge in [-0.2, -0.15) is 0 Å². The summed E-state index contributed by atoms with van der Waals surface area (Å²) in [6, 6.07) is 8.85. The minimum Gasteiger partial charge on any atom is -0.497 e. The van der Waals surface area contributed by atoms with Crippen LogP contribution in [0.25, 0.3) is 0 Å². The van der Waals surface area contributed by atoms with Crippen molar-refractivity contribution in [2.75, 3.05) is 7.11 Å². The van der Waals surface area contributed by atoms with E-state index >= 15 is 0 Å². The van der Waals surface area contributed by atoms with Crippen LogP contribution < -0.4 is 10.1 Å². The summed E-state index contributed by atoms with van der Waals surface area (Å²) in [5.74, 6) is 1.74. The van der Waals surface area contributed by atoms with Crippen LogP contribution in [-0.2, 0) is 6.54 Å². The number of nitrogens with one attached hydrogen (secondary N) is 1. The van der Waals surface area contributed by atoms with E-state index in [9.17, 15) is 0 Å². The Balaban J connectivity index is 2.22. The van der Waals surface area contributed by atoms with E-state index in [1.165, 1.54) is 24.8 Å². The van der Waals surface area contributed by atoms with E-state index in [2.05, 4.69) is 38.2 Å². The summed E-state index contributed by atoms with van der Waals surface area (Å²) >= 11 is 0. The summed E-state index contributed by atoms with van der Waals surface area (Å²) < 4.78 is 5.15. The minimum atomic E-state index is 0.589. The summed E-state index contributed by atoms with van der Waals surface area (Å²) in [4.78, 5) is 0. The van der Waals surface area contributed by atoms with Crippen LogP contribution in [-0.4, -0.2) is 13.2 Å². The molecule has 0 aliphatic heterocycles. The molecule has 0 fully saturated rings. The van der Waals surface area contributed by atoms with Crippen LogP contribution in [0.4, 0.5) is 0 Å². The summed E-state index contributed by atoms with van der Waals surface area (Å²) in [5.41, 5.74) is 1.31. The molecule has 0 amide bonds. The SMILES string of the molecule is COc1ccc(CNC(C)CCCC(C)C)cc1. The lowest BCUT2D eigenvalue weighted by atomic mass is 10.0. The molecule has 1 N–H and O–H groups in total. The maximum absolute atomic E-state index is 5.15. The van der Waals surface area contributed by atoms with Gasteiger partial charge in [-0.1, -0.05) is 38.8 Å². The lowest BCUT2D eigenvalue weighted by Crippen LogP contribution is -2.25. The highest BCUT2D eigenvalue weighted by molar-refractivity contribution is 5.26. The fourth-order valence-corrected chi connectivity index (χ4v) is 1.97. The number of methoxy groups -OCH3 is 1. The van der Waals surface area contributed by atoms with Gasteiger partial charge in [0.15, 0.2) is 0 Å². The van der Waals surface area contributed by atoms with E-state index in [0.717, 1.165) is 18.2 Å². The van der Waals surface area contributed by atoms with E-state index in [1.54, 1.807) is 7.11 Å². The molecule has 1 unspecified atom stereocenters. The molecule has 0 aromatic heterocycles. The highest BCUT2D eigenvalue weighted by atomic mass is 16.5. The first kappa shape index (κ1) is 15.0. The Bertz CT molecular complexity index is 318. The maximum atomic E-state index is 5.15. The van der Waals surface area contributed by atoms with Crippen molar-refractivity contribution in [3.05, 3.63) is 29.8 Å². The molecule has 18 heavy (non-hydrogen) atoms. The number of rotatable bonds is 8. The van der Waals surface area contributed by atoms with Gasteiger partial charge in [-0.3, -0.25) is 0 Å². The smallest absolute Gasteiger partial charge is 0.118 e. The zero-order valence-electron chi connectivity index (χ0n) is 12.2. The van der Waals surface area contributed by atoms with Crippen molar-refractivity contribution in [2.24, 2.45) is 5.92 Å². The summed E-state index contributed by atoms with van der Waals surface area (Å²) in [6.45, 7) is 7.78. The Hall–Kier alpha value is -1.02. The van der Waals surface area contributed by atoms with Crippen LogP contribution in [0.3, 0.4) is 0 Å². The van der Waals surface area contributed by atoms with E-state index in [-0.39, 0.29) is 0 Å². The van der Waals surface area contributed by atoms with E-state index in [1.807, 2.05) is 12.1 Å². The van der Waals surface area contributed by atoms with Gasteiger partial charge >= 0.3 is 0 Å². The number of ether oxygens (including phenoxy) is 1. The molecule has 0 spiro atoms. The van der Waals surface area contributed by atoms with Gasteiger partial charge in [-0.15, -0.1) is 0 Å². The number of benzene rings is 1. The lowest BCUT2D eigenvalue weighted by molar-refractivity contribution is 0.414. The molecule has 1 aromatic rings. The normalized spacial score (nSPS) is 12.7. The molecule has 0 saturated carbocycles. The fourth-order valence-electron chi connectivity index (χ4n) is 1.97. The molecule has 0 heterocycles. The topological polar surface area (TPSA) is 21.3 Å². The van der Waals surface area contributed by atoms with Crippen LogP contribution in [0.15, 0.2) is 24.3 Å². The zero-order chi connectivity index (χ0) is 13.4. The van der Waals surface area contributed by atoms with Gasteiger partial charge in [0.05, 0.1) is 7.11 Å². The van der Waals surface area contributed by atoms with Gasteiger partial charge in [0.1, 0.15) is 5.75 Å². The van der Waals surface area contributed by atoms with Crippen LogP contribution in [0.1, 0.15) is 45.6 Å². The summed E-state index contributed by atoms with van der Waals surface area (Å²) in [6.07, 6.45) is 3.90. The molecular weight excluding hydrogens is 222 g/mol. The Morgan fingerprint density at radius 3 is 2.28 bits per heavy atom. The van der Waals surface area contributed by atoms with E-state index in [0.29, 0.717) is 6.04 Å². The van der Waals surface area contributed by atoms with Gasteiger partial charge in [0, 0.05) is 12.6 Å². The van der Waals surface area contributed by atoms with Gasteiger partial charge in [-0.05, 0) is 37.0 Å². The van der Waals surface area contributed by atoms with E-state index < -0.39 is 0 Å². The van der Waals surface area contributed by atoms with Crippen molar-refractivity contribution in [3.8, 4) is 5.75 Å². The quantitative estimate of drug-likeness (QED) is 0.752. The van der Waals surface area contributed by atoms with Crippen molar-refractivity contribution >= 4 is 0 Å². The van der Waals surface area contributed by atoms with Gasteiger partial charge in [0.2, 0.25) is 0 Å². The summed E-state index contributed by atoms with van der Waals surface area (Å²) in [5, 5.41) is 3.57. The molecule has 1 aromatic carbocycles. The molecule has 102 valence electrons. The number of hydrogen-bond acceptors (Lipinski definition) is 2. The Morgan fingerprint density at radius 2 is 1.72 bits per heavy atom. The average molecular weight is 249 g/mol. The molecule has 0 bridgehead atoms. The highest BCUT2D eigenvalue weighted by Gasteiger charge is 2.02. The van der Waals surface area contributed by atoms with Crippen molar-refractivity contribution in [1.82, 2.24) is 5.32 Å². The van der Waals surface area contributed by atoms with Crippen LogP contribution in [0, 0.1) is 5.92 Å². The van der Waals surface area contributed by atoms with Crippen LogP contribution in [0.2, 0.25) is 0 Å². The molecule has 0 aliphatic carbocycles. The van der Waals surface area contributed by atoms with Crippen molar-refractivity contribution in [1.29, 1.82) is 0 Å². The van der Waals surface area contributed by atoms with Crippen molar-refractivity contribution in [2.45, 2.75) is 52.6 Å². The first-order valence-corrected chi connectivity index (χ1v) is 6.98. The molecule has 2 heteroatoms. The molecule has 0 aliphatic rings. The Morgan fingerprint density at radius 1 is 1.06 bits per heavy atom. The van der Waals surface area contributed by atoms with Crippen LogP contribution in [0.5, 0.6) is 5.75 Å². The van der Waals surface area contributed by atoms with Crippen LogP contribution >= 0.6 is 0 Å². The monoisotopic (exact) mass is 249 g/mol. The fraction of sp³-hybridized carbons (Fsp3) is 0.625. The lowest BCUT2D eigenvalue weighted by Gasteiger charge is -2.14. The first-order chi connectivity index (χ1) is 8.61. The molecule has 1 atom stereocenters. The molecule has 1 rings (SSSR count). The van der Waals surface area contributed by atoms with Gasteiger partial charge < -0.3 is 10.1 Å². The Labute approximate surface area is 112 Å². The summed E-state index contributed by atoms with van der Waals surface area (Å²) in [7, 11) is 1.70. The van der Waals surface area contributed by atoms with Gasteiger partial charge in [0.25, 0.3) is 0 Å². The standard InChI is InChI=1S/C16H27NO/c1-13(2)6-5-7-14(3)17-12-15-8-10-16(18-4)11-9-15/h8-11,13-14,17H,5-7,12H2,1-4H3. The second kappa shape index (κ2) is 8.15. The first-order valence-electron chi connectivity index (χ1n) is 6.98. The molecule has 0 radical (unpaired) electrons. The third-order valence-electron chi connectivity index (χ3n) is 3.23. The second-order valence-electron chi connectivity index (χ2n) is 5.45. The van der Waals surface area contributed by atoms with E-state index in [4.69, 9.17) is 4.74 Å². The number of hydrogen-bond donors (Lipinski definition) is 1. The third kappa shape index (κ3) is 6.06. The highest BCUT2D eigenvalue weighted by Crippen LogP contribution is 2.12. The predicted octanol–water partition coefficient (Wildman–Crippen LogP) is 4.00. The third-order valence-corrected chi connectivity index (χ3v) is 3.23. The van der Waals surface area contributed by atoms with Gasteiger partial charge in [-0.25, -0.2) is 0 Å².